The number of nitriles is 1. The van der Waals surface area contributed by atoms with E-state index in [1.54, 1.807) is 35.3 Å². The summed E-state index contributed by atoms with van der Waals surface area (Å²) in [7, 11) is 0. The Hall–Kier alpha value is -2.96. The lowest BCUT2D eigenvalue weighted by Gasteiger charge is -2.23. The van der Waals surface area contributed by atoms with Crippen molar-refractivity contribution in [2.45, 2.75) is 31.4 Å². The van der Waals surface area contributed by atoms with Crippen molar-refractivity contribution in [3.63, 3.8) is 0 Å². The number of nitrogens with one attached hydrogen (secondary N) is 1. The lowest BCUT2D eigenvalue weighted by Crippen LogP contribution is -2.38. The number of hydrogen-bond acceptors (Lipinski definition) is 7. The largest absolute Gasteiger partial charge is 0.394 e. The van der Waals surface area contributed by atoms with Crippen LogP contribution < -0.4 is 10.2 Å². The topological polar surface area (TPSA) is 127 Å². The van der Waals surface area contributed by atoms with Crippen LogP contribution in [-0.4, -0.2) is 49.4 Å². The molecular weight excluding hydrogens is 336 g/mol. The van der Waals surface area contributed by atoms with Crippen LogP contribution >= 0.6 is 0 Å². The van der Waals surface area contributed by atoms with Crippen molar-refractivity contribution < 1.29 is 15.0 Å². The van der Waals surface area contributed by atoms with Crippen molar-refractivity contribution >= 4 is 23.2 Å². The Morgan fingerprint density at radius 1 is 1.42 bits per heavy atom. The summed E-state index contributed by atoms with van der Waals surface area (Å²) in [4.78, 5) is 22.1. The molecule has 2 aromatic rings. The van der Waals surface area contributed by atoms with Gasteiger partial charge in [0.15, 0.2) is 0 Å². The first kappa shape index (κ1) is 17.8. The fraction of sp³-hybridized carbons (Fsp3) is 0.412. The van der Waals surface area contributed by atoms with E-state index in [1.165, 1.54) is 11.1 Å². The quantitative estimate of drug-likeness (QED) is 0.674. The van der Waals surface area contributed by atoms with Crippen LogP contribution in [0, 0.1) is 11.3 Å². The second kappa shape index (κ2) is 6.40. The predicted octanol–water partition coefficient (Wildman–Crippen LogP) is 0.740. The molecule has 0 bridgehead atoms. The number of aliphatic hydroxyl groups is 2. The first-order chi connectivity index (χ1) is 12.3. The third kappa shape index (κ3) is 3.12. The summed E-state index contributed by atoms with van der Waals surface area (Å²) in [5.74, 6) is 0.373. The minimum Gasteiger partial charge on any atom is -0.394 e. The minimum absolute atomic E-state index is 0.0323. The Labute approximate surface area is 150 Å². The van der Waals surface area contributed by atoms with Crippen molar-refractivity contribution in [2.75, 3.05) is 23.4 Å². The standard InChI is InChI=1S/C17H20N6O3/c1-16(2,10-24)22-8-14(20-11-22)21-13-7-12(3-5-19-13)23-6-4-17(26,9-18)15(23)25/h3,5,7-8,11,24,26H,4,6,10H2,1-2H3,(H,19,21)/t17-/m0/s1. The monoisotopic (exact) mass is 356 g/mol. The van der Waals surface area contributed by atoms with Crippen molar-refractivity contribution in [2.24, 2.45) is 0 Å². The Balaban J connectivity index is 1.79. The molecule has 0 aliphatic carbocycles. The van der Waals surface area contributed by atoms with Crippen LogP contribution in [-0.2, 0) is 10.3 Å². The van der Waals surface area contributed by atoms with Gasteiger partial charge < -0.3 is 25.0 Å². The van der Waals surface area contributed by atoms with E-state index in [2.05, 4.69) is 15.3 Å². The molecule has 9 nitrogen and oxygen atoms in total. The zero-order valence-corrected chi connectivity index (χ0v) is 14.5. The molecule has 136 valence electrons. The van der Waals surface area contributed by atoms with Gasteiger partial charge in [-0.3, -0.25) is 4.79 Å². The first-order valence-corrected chi connectivity index (χ1v) is 8.13. The number of rotatable bonds is 5. The lowest BCUT2D eigenvalue weighted by molar-refractivity contribution is -0.128. The highest BCUT2D eigenvalue weighted by molar-refractivity contribution is 6.03. The van der Waals surface area contributed by atoms with Crippen molar-refractivity contribution in [1.82, 2.24) is 14.5 Å². The molecule has 0 saturated carbocycles. The maximum atomic E-state index is 12.2. The Morgan fingerprint density at radius 2 is 2.19 bits per heavy atom. The molecule has 0 spiro atoms. The van der Waals surface area contributed by atoms with Crippen LogP contribution in [0.15, 0.2) is 30.9 Å². The Kier molecular flexibility index (Phi) is 4.39. The second-order valence-electron chi connectivity index (χ2n) is 6.84. The van der Waals surface area contributed by atoms with Gasteiger partial charge in [0, 0.05) is 37.1 Å². The summed E-state index contributed by atoms with van der Waals surface area (Å²) in [6.45, 7) is 3.99. The van der Waals surface area contributed by atoms with Gasteiger partial charge in [-0.15, -0.1) is 0 Å². The first-order valence-electron chi connectivity index (χ1n) is 8.13. The van der Waals surface area contributed by atoms with Gasteiger partial charge in [-0.1, -0.05) is 0 Å². The second-order valence-corrected chi connectivity index (χ2v) is 6.84. The smallest absolute Gasteiger partial charge is 0.273 e. The molecule has 0 unspecified atom stereocenters. The Bertz CT molecular complexity index is 871. The molecule has 3 rings (SSSR count). The SMILES string of the molecule is CC(C)(CO)n1cnc(Nc2cc(N3CC[C@](O)(C#N)C3=O)ccn2)c1. The molecule has 1 amide bonds. The van der Waals surface area contributed by atoms with E-state index in [4.69, 9.17) is 5.26 Å². The number of pyridine rings is 1. The fourth-order valence-corrected chi connectivity index (χ4v) is 2.64. The van der Waals surface area contributed by atoms with Gasteiger partial charge in [0.25, 0.3) is 5.91 Å². The molecule has 1 saturated heterocycles. The molecule has 2 aromatic heterocycles. The van der Waals surface area contributed by atoms with Crippen molar-refractivity contribution in [1.29, 1.82) is 5.26 Å². The predicted molar refractivity (Wildman–Crippen MR) is 93.7 cm³/mol. The molecule has 1 aliphatic rings. The van der Waals surface area contributed by atoms with Crippen molar-refractivity contribution in [3.8, 4) is 6.07 Å². The van der Waals surface area contributed by atoms with Gasteiger partial charge in [0.2, 0.25) is 5.60 Å². The molecule has 0 radical (unpaired) electrons. The van der Waals surface area contributed by atoms with Gasteiger partial charge in [0.1, 0.15) is 17.7 Å². The summed E-state index contributed by atoms with van der Waals surface area (Å²) < 4.78 is 1.79. The fourth-order valence-electron chi connectivity index (χ4n) is 2.64. The van der Waals surface area contributed by atoms with Gasteiger partial charge in [-0.25, -0.2) is 9.97 Å². The molecule has 1 atom stereocenters. The lowest BCUT2D eigenvalue weighted by atomic mass is 10.1. The van der Waals surface area contributed by atoms with Crippen LogP contribution in [0.25, 0.3) is 0 Å². The van der Waals surface area contributed by atoms with E-state index >= 15 is 0 Å². The zero-order chi connectivity index (χ0) is 18.9. The number of aromatic nitrogens is 3. The van der Waals surface area contributed by atoms with E-state index < -0.39 is 17.0 Å². The maximum Gasteiger partial charge on any atom is 0.273 e. The van der Waals surface area contributed by atoms with Crippen molar-refractivity contribution in [3.05, 3.63) is 30.9 Å². The van der Waals surface area contributed by atoms with Crippen LogP contribution in [0.3, 0.4) is 0 Å². The summed E-state index contributed by atoms with van der Waals surface area (Å²) in [5.41, 5.74) is -1.91. The van der Waals surface area contributed by atoms with E-state index in [9.17, 15) is 15.0 Å². The number of imidazole rings is 1. The number of aliphatic hydroxyl groups excluding tert-OH is 1. The van der Waals surface area contributed by atoms with E-state index in [0.29, 0.717) is 17.3 Å². The van der Waals surface area contributed by atoms with Gasteiger partial charge in [-0.05, 0) is 19.9 Å². The molecule has 9 heteroatoms. The molecule has 3 N–H and O–H groups in total. The zero-order valence-electron chi connectivity index (χ0n) is 14.5. The van der Waals surface area contributed by atoms with Crippen LogP contribution in [0.5, 0.6) is 0 Å². The molecule has 1 aliphatic heterocycles. The summed E-state index contributed by atoms with van der Waals surface area (Å²) >= 11 is 0. The van der Waals surface area contributed by atoms with Gasteiger partial charge in [-0.2, -0.15) is 5.26 Å². The summed E-state index contributed by atoms with van der Waals surface area (Å²) in [5, 5.41) is 31.5. The number of hydrogen-bond donors (Lipinski definition) is 3. The molecule has 1 fully saturated rings. The number of nitrogens with zero attached hydrogens (tertiary/aromatic N) is 5. The molecule has 26 heavy (non-hydrogen) atoms. The normalized spacial score (nSPS) is 20.3. The average molecular weight is 356 g/mol. The maximum absolute atomic E-state index is 12.2. The Morgan fingerprint density at radius 3 is 2.85 bits per heavy atom. The van der Waals surface area contributed by atoms with E-state index in [0.717, 1.165) is 0 Å². The highest BCUT2D eigenvalue weighted by Gasteiger charge is 2.46. The highest BCUT2D eigenvalue weighted by atomic mass is 16.3. The van der Waals surface area contributed by atoms with Crippen LogP contribution in [0.4, 0.5) is 17.3 Å². The van der Waals surface area contributed by atoms with Gasteiger partial charge >= 0.3 is 0 Å². The third-order valence-corrected chi connectivity index (χ3v) is 4.46. The molecule has 0 aromatic carbocycles. The number of carbonyl (C=O) groups excluding carboxylic acids is 1. The highest BCUT2D eigenvalue weighted by Crippen LogP contribution is 2.29. The van der Waals surface area contributed by atoms with Crippen LogP contribution in [0.1, 0.15) is 20.3 Å². The number of amides is 1. The number of anilines is 3. The minimum atomic E-state index is -1.97. The third-order valence-electron chi connectivity index (χ3n) is 4.46. The number of carbonyl (C=O) groups is 1. The van der Waals surface area contributed by atoms with E-state index in [-0.39, 0.29) is 19.6 Å². The summed E-state index contributed by atoms with van der Waals surface area (Å²) in [6, 6.07) is 4.96. The van der Waals surface area contributed by atoms with E-state index in [1.807, 2.05) is 13.8 Å². The summed E-state index contributed by atoms with van der Waals surface area (Å²) in [6.07, 6.45) is 4.96. The van der Waals surface area contributed by atoms with Crippen LogP contribution in [0.2, 0.25) is 0 Å². The van der Waals surface area contributed by atoms with Gasteiger partial charge in [0.05, 0.1) is 18.5 Å². The molecular formula is C17H20N6O3. The molecule has 3 heterocycles. The average Bonchev–Trinajstić information content (AvgIpc) is 3.22.